The first-order valence-electron chi connectivity index (χ1n) is 10.9. The molecule has 3 aromatic carbocycles. The number of aromatic amines is 1. The van der Waals surface area contributed by atoms with E-state index in [0.29, 0.717) is 34.9 Å². The Labute approximate surface area is 200 Å². The number of carbonyl (C=O) groups excluding carboxylic acids is 1. The zero-order valence-corrected chi connectivity index (χ0v) is 18.8. The topological polar surface area (TPSA) is 117 Å². The van der Waals surface area contributed by atoms with Gasteiger partial charge in [-0.3, -0.25) is 20.0 Å². The van der Waals surface area contributed by atoms with Gasteiger partial charge in [0.05, 0.1) is 29.7 Å². The molecule has 5 rings (SSSR count). The van der Waals surface area contributed by atoms with Crippen LogP contribution in [0.5, 0.6) is 17.4 Å². The molecule has 4 aromatic rings. The van der Waals surface area contributed by atoms with Gasteiger partial charge < -0.3 is 14.2 Å². The predicted molar refractivity (Wildman–Crippen MR) is 127 cm³/mol. The molecule has 1 aromatic heterocycles. The van der Waals surface area contributed by atoms with Crippen molar-refractivity contribution in [2.45, 2.75) is 18.9 Å². The lowest BCUT2D eigenvalue weighted by atomic mass is 9.85. The Morgan fingerprint density at radius 1 is 1.09 bits per heavy atom. The molecule has 0 amide bonds. The number of ether oxygens (including phenoxy) is 3. The maximum absolute atomic E-state index is 12.4. The maximum atomic E-state index is 12.4. The first-order valence-corrected chi connectivity index (χ1v) is 10.9. The van der Waals surface area contributed by atoms with E-state index >= 15 is 0 Å². The average Bonchev–Trinajstić information content (AvgIpc) is 3.31. The highest BCUT2D eigenvalue weighted by Crippen LogP contribution is 2.45. The number of hydrogen-bond acceptors (Lipinski definition) is 7. The molecule has 0 radical (unpaired) electrons. The molecule has 0 fully saturated rings. The first-order chi connectivity index (χ1) is 17.0. The lowest BCUT2D eigenvalue weighted by Gasteiger charge is -2.23. The van der Waals surface area contributed by atoms with Gasteiger partial charge in [-0.15, -0.1) is 5.10 Å². The highest BCUT2D eigenvalue weighted by molar-refractivity contribution is 5.80. The smallest absolute Gasteiger partial charge is 0.313 e. The van der Waals surface area contributed by atoms with Crippen molar-refractivity contribution in [1.82, 2.24) is 10.2 Å². The van der Waals surface area contributed by atoms with Crippen LogP contribution in [0.15, 0.2) is 72.8 Å². The standard InChI is InChI=1S/C26H21N3O6/c1-33-22-13-17(10-11-21(22)34-15-16-6-3-2-4-7-16)20-14-23(30)35-26-24(20)25(27-28-26)18-8-5-9-19(12-18)29(31)32/h2-13,20H,14-15H2,1H3,(H,27,28)/t20-/m1/s1. The molecule has 1 aliphatic rings. The van der Waals surface area contributed by atoms with Crippen LogP contribution in [-0.2, 0) is 11.4 Å². The Kier molecular flexibility index (Phi) is 5.88. The van der Waals surface area contributed by atoms with Crippen molar-refractivity contribution < 1.29 is 23.9 Å². The fourth-order valence-electron chi connectivity index (χ4n) is 4.19. The zero-order chi connectivity index (χ0) is 24.4. The summed E-state index contributed by atoms with van der Waals surface area (Å²) in [5.41, 5.74) is 3.58. The lowest BCUT2D eigenvalue weighted by Crippen LogP contribution is -2.21. The Morgan fingerprint density at radius 3 is 2.69 bits per heavy atom. The number of fused-ring (bicyclic) bond motifs is 1. The molecule has 1 atom stereocenters. The number of hydrogen-bond donors (Lipinski definition) is 1. The third-order valence-electron chi connectivity index (χ3n) is 5.87. The van der Waals surface area contributed by atoms with Crippen LogP contribution < -0.4 is 14.2 Å². The van der Waals surface area contributed by atoms with Crippen molar-refractivity contribution in [1.29, 1.82) is 0 Å². The van der Waals surface area contributed by atoms with Crippen LogP contribution in [-0.4, -0.2) is 28.2 Å². The second kappa shape index (κ2) is 9.30. The first kappa shape index (κ1) is 22.1. The molecule has 0 saturated heterocycles. The van der Waals surface area contributed by atoms with E-state index in [1.165, 1.54) is 12.1 Å². The number of H-pyrrole nitrogens is 1. The third-order valence-corrected chi connectivity index (χ3v) is 5.87. The fraction of sp³-hybridized carbons (Fsp3) is 0.154. The van der Waals surface area contributed by atoms with Crippen molar-refractivity contribution in [3.8, 4) is 28.6 Å². The normalized spacial score (nSPS) is 14.7. The quantitative estimate of drug-likeness (QED) is 0.229. The summed E-state index contributed by atoms with van der Waals surface area (Å²) in [7, 11) is 1.56. The molecule has 0 unspecified atom stereocenters. The predicted octanol–water partition coefficient (Wildman–Crippen LogP) is 5.01. The zero-order valence-electron chi connectivity index (χ0n) is 18.8. The minimum atomic E-state index is -0.455. The van der Waals surface area contributed by atoms with Gasteiger partial charge in [0, 0.05) is 23.6 Å². The van der Waals surface area contributed by atoms with Gasteiger partial charge in [0.25, 0.3) is 5.69 Å². The number of rotatable bonds is 7. The van der Waals surface area contributed by atoms with E-state index in [2.05, 4.69) is 10.2 Å². The van der Waals surface area contributed by atoms with E-state index in [9.17, 15) is 14.9 Å². The van der Waals surface area contributed by atoms with Crippen LogP contribution in [0.4, 0.5) is 5.69 Å². The van der Waals surface area contributed by atoms with Crippen LogP contribution in [0.1, 0.15) is 29.0 Å². The lowest BCUT2D eigenvalue weighted by molar-refractivity contribution is -0.384. The molecule has 0 bridgehead atoms. The molecular weight excluding hydrogens is 450 g/mol. The number of benzene rings is 3. The second-order valence-corrected chi connectivity index (χ2v) is 8.04. The Balaban J connectivity index is 1.50. The van der Waals surface area contributed by atoms with Crippen LogP contribution >= 0.6 is 0 Å². The number of nitro benzene ring substituents is 1. The van der Waals surface area contributed by atoms with E-state index in [1.54, 1.807) is 19.2 Å². The van der Waals surface area contributed by atoms with Gasteiger partial charge in [-0.05, 0) is 23.3 Å². The number of carbonyl (C=O) groups is 1. The van der Waals surface area contributed by atoms with Crippen LogP contribution in [0.2, 0.25) is 0 Å². The van der Waals surface area contributed by atoms with Gasteiger partial charge in [-0.1, -0.05) is 48.5 Å². The van der Waals surface area contributed by atoms with Gasteiger partial charge in [-0.25, -0.2) is 0 Å². The van der Waals surface area contributed by atoms with Crippen LogP contribution in [0.3, 0.4) is 0 Å². The van der Waals surface area contributed by atoms with E-state index in [-0.39, 0.29) is 18.0 Å². The highest BCUT2D eigenvalue weighted by Gasteiger charge is 2.34. The molecule has 0 saturated carbocycles. The van der Waals surface area contributed by atoms with E-state index < -0.39 is 16.8 Å². The summed E-state index contributed by atoms with van der Waals surface area (Å²) < 4.78 is 16.9. The van der Waals surface area contributed by atoms with Crippen molar-refractivity contribution in [3.05, 3.63) is 99.6 Å². The van der Waals surface area contributed by atoms with Crippen LogP contribution in [0.25, 0.3) is 11.3 Å². The highest BCUT2D eigenvalue weighted by atomic mass is 16.6. The number of aromatic nitrogens is 2. The summed E-state index contributed by atoms with van der Waals surface area (Å²) in [5.74, 6) is 0.458. The third kappa shape index (κ3) is 4.43. The molecule has 35 heavy (non-hydrogen) atoms. The monoisotopic (exact) mass is 471 g/mol. The molecule has 9 heteroatoms. The summed E-state index contributed by atoms with van der Waals surface area (Å²) in [6.45, 7) is 0.384. The Bertz CT molecular complexity index is 1400. The number of esters is 1. The minimum absolute atomic E-state index is 0.0446. The van der Waals surface area contributed by atoms with Gasteiger partial charge in [0.15, 0.2) is 11.5 Å². The molecule has 2 heterocycles. The minimum Gasteiger partial charge on any atom is -0.493 e. The number of nitro groups is 1. The molecular formula is C26H21N3O6. The van der Waals surface area contributed by atoms with Crippen molar-refractivity contribution in [2.24, 2.45) is 0 Å². The molecule has 0 spiro atoms. The maximum Gasteiger partial charge on any atom is 0.313 e. The van der Waals surface area contributed by atoms with E-state index in [4.69, 9.17) is 14.2 Å². The summed E-state index contributed by atoms with van der Waals surface area (Å²) in [4.78, 5) is 23.2. The van der Waals surface area contributed by atoms with Crippen LogP contribution in [0, 0.1) is 10.1 Å². The van der Waals surface area contributed by atoms with Gasteiger partial charge in [-0.2, -0.15) is 0 Å². The fourth-order valence-corrected chi connectivity index (χ4v) is 4.19. The largest absolute Gasteiger partial charge is 0.493 e. The Morgan fingerprint density at radius 2 is 1.91 bits per heavy atom. The summed E-state index contributed by atoms with van der Waals surface area (Å²) >= 11 is 0. The van der Waals surface area contributed by atoms with E-state index in [0.717, 1.165) is 11.1 Å². The van der Waals surface area contributed by atoms with E-state index in [1.807, 2.05) is 48.5 Å². The van der Waals surface area contributed by atoms with Crippen molar-refractivity contribution in [3.63, 3.8) is 0 Å². The SMILES string of the molecule is COc1cc([C@H]2CC(=O)Oc3n[nH]c(-c4cccc([N+](=O)[O-])c4)c32)ccc1OCc1ccccc1. The summed E-state index contributed by atoms with van der Waals surface area (Å²) in [6, 6.07) is 21.5. The van der Waals surface area contributed by atoms with Gasteiger partial charge in [0.1, 0.15) is 6.61 Å². The number of nitrogens with one attached hydrogen (secondary N) is 1. The van der Waals surface area contributed by atoms with Crippen molar-refractivity contribution >= 4 is 11.7 Å². The van der Waals surface area contributed by atoms with Crippen molar-refractivity contribution in [2.75, 3.05) is 7.11 Å². The molecule has 9 nitrogen and oxygen atoms in total. The molecule has 176 valence electrons. The summed E-state index contributed by atoms with van der Waals surface area (Å²) in [6.07, 6.45) is 0.0852. The average molecular weight is 471 g/mol. The molecule has 1 N–H and O–H groups in total. The second-order valence-electron chi connectivity index (χ2n) is 8.04. The van der Waals surface area contributed by atoms with Gasteiger partial charge >= 0.3 is 5.97 Å². The summed E-state index contributed by atoms with van der Waals surface area (Å²) in [5, 5.41) is 18.3. The van der Waals surface area contributed by atoms with Gasteiger partial charge in [0.2, 0.25) is 5.88 Å². The number of nitrogens with zero attached hydrogens (tertiary/aromatic N) is 2. The molecule has 1 aliphatic heterocycles. The number of non-ortho nitro benzene ring substituents is 1. The number of methoxy groups -OCH3 is 1. The Hall–Kier alpha value is -4.66. The molecule has 0 aliphatic carbocycles.